The Bertz CT molecular complexity index is 211. The summed E-state index contributed by atoms with van der Waals surface area (Å²) in [6.07, 6.45) is 1.64. The monoisotopic (exact) mass is 202 g/mol. The molecular formula is C9H14O5. The van der Waals surface area contributed by atoms with Crippen LogP contribution in [-0.4, -0.2) is 35.4 Å². The van der Waals surface area contributed by atoms with Crippen molar-refractivity contribution >= 4 is 11.9 Å². The third-order valence-corrected chi connectivity index (χ3v) is 1.65. The van der Waals surface area contributed by atoms with Crippen molar-refractivity contribution in [2.45, 2.75) is 12.8 Å². The molecular weight excluding hydrogens is 188 g/mol. The van der Waals surface area contributed by atoms with Crippen LogP contribution < -0.4 is 0 Å². The van der Waals surface area contributed by atoms with Crippen molar-refractivity contribution < 1.29 is 24.5 Å². The third-order valence-electron chi connectivity index (χ3n) is 1.65. The number of aliphatic carboxylic acids is 1. The number of rotatable bonds is 7. The Balaban J connectivity index is 3.90. The predicted octanol–water partition coefficient (Wildman–Crippen LogP) is 0.189. The van der Waals surface area contributed by atoms with Crippen LogP contribution in [0.15, 0.2) is 12.7 Å². The van der Waals surface area contributed by atoms with Crippen LogP contribution in [0, 0.1) is 5.92 Å². The highest BCUT2D eigenvalue weighted by Crippen LogP contribution is 2.07. The summed E-state index contributed by atoms with van der Waals surface area (Å²) in [7, 11) is 0. The van der Waals surface area contributed by atoms with Gasteiger partial charge >= 0.3 is 11.9 Å². The van der Waals surface area contributed by atoms with Crippen LogP contribution in [0.5, 0.6) is 0 Å². The lowest BCUT2D eigenvalue weighted by atomic mass is 10.1. The number of ether oxygens (including phenoxy) is 1. The van der Waals surface area contributed by atoms with Gasteiger partial charge in [0.05, 0.1) is 5.92 Å². The first kappa shape index (κ1) is 12.6. The van der Waals surface area contributed by atoms with E-state index < -0.39 is 17.9 Å². The highest BCUT2D eigenvalue weighted by Gasteiger charge is 2.18. The average molecular weight is 202 g/mol. The van der Waals surface area contributed by atoms with Gasteiger partial charge in [-0.15, -0.1) is 0 Å². The van der Waals surface area contributed by atoms with Crippen molar-refractivity contribution in [1.82, 2.24) is 0 Å². The first-order chi connectivity index (χ1) is 6.61. The van der Waals surface area contributed by atoms with E-state index in [1.54, 1.807) is 0 Å². The molecule has 0 saturated heterocycles. The van der Waals surface area contributed by atoms with Gasteiger partial charge in [0.1, 0.15) is 6.61 Å². The molecule has 5 nitrogen and oxygen atoms in total. The molecule has 5 heteroatoms. The van der Waals surface area contributed by atoms with Crippen molar-refractivity contribution in [3.63, 3.8) is 0 Å². The second kappa shape index (κ2) is 7.08. The molecule has 0 radical (unpaired) electrons. The van der Waals surface area contributed by atoms with E-state index in [1.165, 1.54) is 0 Å². The first-order valence-corrected chi connectivity index (χ1v) is 4.24. The number of carbonyl (C=O) groups is 2. The van der Waals surface area contributed by atoms with Crippen LogP contribution in [0.4, 0.5) is 0 Å². The fraction of sp³-hybridized carbons (Fsp3) is 0.556. The maximum absolute atomic E-state index is 10.6. The van der Waals surface area contributed by atoms with Crippen LogP contribution in [0.3, 0.4) is 0 Å². The lowest BCUT2D eigenvalue weighted by Crippen LogP contribution is -2.21. The topological polar surface area (TPSA) is 83.8 Å². The van der Waals surface area contributed by atoms with Gasteiger partial charge in [-0.3, -0.25) is 4.79 Å². The molecule has 0 amide bonds. The van der Waals surface area contributed by atoms with Gasteiger partial charge in [0.25, 0.3) is 0 Å². The number of hydrogen-bond donors (Lipinski definition) is 2. The van der Waals surface area contributed by atoms with Gasteiger partial charge in [-0.05, 0) is 12.8 Å². The van der Waals surface area contributed by atoms with Crippen molar-refractivity contribution in [3.8, 4) is 0 Å². The Labute approximate surface area is 82.0 Å². The molecule has 0 aliphatic heterocycles. The number of carbonyl (C=O) groups excluding carboxylic acids is 1. The van der Waals surface area contributed by atoms with Gasteiger partial charge in [0.2, 0.25) is 0 Å². The fourth-order valence-electron chi connectivity index (χ4n) is 0.857. The summed E-state index contributed by atoms with van der Waals surface area (Å²) < 4.78 is 4.59. The van der Waals surface area contributed by atoms with Crippen LogP contribution in [0.2, 0.25) is 0 Å². The molecule has 0 heterocycles. The zero-order chi connectivity index (χ0) is 11.0. The Morgan fingerprint density at radius 3 is 2.57 bits per heavy atom. The molecule has 0 aromatic heterocycles. The van der Waals surface area contributed by atoms with E-state index in [0.29, 0.717) is 6.42 Å². The van der Waals surface area contributed by atoms with Gasteiger partial charge in [-0.2, -0.15) is 0 Å². The van der Waals surface area contributed by atoms with Crippen LogP contribution in [0.1, 0.15) is 12.8 Å². The lowest BCUT2D eigenvalue weighted by molar-refractivity contribution is -0.148. The van der Waals surface area contributed by atoms with E-state index in [-0.39, 0.29) is 19.6 Å². The second-order valence-electron chi connectivity index (χ2n) is 2.74. The van der Waals surface area contributed by atoms with Gasteiger partial charge in [0, 0.05) is 12.7 Å². The summed E-state index contributed by atoms with van der Waals surface area (Å²) in [4.78, 5) is 21.2. The smallest absolute Gasteiger partial charge is 0.330 e. The Kier molecular flexibility index (Phi) is 6.39. The maximum Gasteiger partial charge on any atom is 0.330 e. The van der Waals surface area contributed by atoms with Gasteiger partial charge in [-0.1, -0.05) is 6.58 Å². The van der Waals surface area contributed by atoms with E-state index >= 15 is 0 Å². The zero-order valence-corrected chi connectivity index (χ0v) is 7.81. The van der Waals surface area contributed by atoms with Crippen molar-refractivity contribution in [1.29, 1.82) is 0 Å². The molecule has 2 N–H and O–H groups in total. The fourth-order valence-corrected chi connectivity index (χ4v) is 0.857. The van der Waals surface area contributed by atoms with Crippen molar-refractivity contribution in [2.75, 3.05) is 13.2 Å². The molecule has 0 fully saturated rings. The Morgan fingerprint density at radius 2 is 2.14 bits per heavy atom. The molecule has 0 rings (SSSR count). The average Bonchev–Trinajstić information content (AvgIpc) is 2.16. The molecule has 0 aromatic rings. The van der Waals surface area contributed by atoms with E-state index in [4.69, 9.17) is 10.2 Å². The first-order valence-electron chi connectivity index (χ1n) is 4.24. The molecule has 0 spiro atoms. The number of esters is 1. The number of hydrogen-bond acceptors (Lipinski definition) is 4. The summed E-state index contributed by atoms with van der Waals surface area (Å²) in [5, 5.41) is 17.2. The van der Waals surface area contributed by atoms with Crippen LogP contribution >= 0.6 is 0 Å². The van der Waals surface area contributed by atoms with Crippen LogP contribution in [-0.2, 0) is 14.3 Å². The molecule has 0 bridgehead atoms. The standard InChI is InChI=1S/C9H14O5/c1-2-8(11)14-6-7(9(12)13)4-3-5-10/h2,7,10H,1,3-6H2,(H,12,13). The van der Waals surface area contributed by atoms with Gasteiger partial charge in [0.15, 0.2) is 0 Å². The summed E-state index contributed by atoms with van der Waals surface area (Å²) in [5.41, 5.74) is 0. The maximum atomic E-state index is 10.6. The highest BCUT2D eigenvalue weighted by molar-refractivity contribution is 5.81. The van der Waals surface area contributed by atoms with E-state index in [0.717, 1.165) is 6.08 Å². The Hall–Kier alpha value is -1.36. The Morgan fingerprint density at radius 1 is 1.50 bits per heavy atom. The molecule has 1 atom stereocenters. The predicted molar refractivity (Wildman–Crippen MR) is 48.6 cm³/mol. The molecule has 0 aliphatic carbocycles. The molecule has 0 aliphatic rings. The molecule has 1 unspecified atom stereocenters. The summed E-state index contributed by atoms with van der Waals surface area (Å²) in [6, 6.07) is 0. The minimum Gasteiger partial charge on any atom is -0.481 e. The number of carboxylic acids is 1. The summed E-state index contributed by atoms with van der Waals surface area (Å²) in [5.74, 6) is -2.43. The van der Waals surface area contributed by atoms with Crippen molar-refractivity contribution in [3.05, 3.63) is 12.7 Å². The quantitative estimate of drug-likeness (QED) is 0.454. The number of aliphatic hydroxyl groups excluding tert-OH is 1. The number of aliphatic hydroxyl groups is 1. The largest absolute Gasteiger partial charge is 0.481 e. The number of carboxylic acid groups (broad SMARTS) is 1. The highest BCUT2D eigenvalue weighted by atomic mass is 16.5. The molecule has 80 valence electrons. The second-order valence-corrected chi connectivity index (χ2v) is 2.74. The van der Waals surface area contributed by atoms with Crippen LogP contribution in [0.25, 0.3) is 0 Å². The SMILES string of the molecule is C=CC(=O)OCC(CCCO)C(=O)O. The minimum absolute atomic E-state index is 0.0703. The third kappa shape index (κ3) is 5.31. The molecule has 0 saturated carbocycles. The van der Waals surface area contributed by atoms with E-state index in [1.807, 2.05) is 0 Å². The van der Waals surface area contributed by atoms with Gasteiger partial charge < -0.3 is 14.9 Å². The summed E-state index contributed by atoms with van der Waals surface area (Å²) >= 11 is 0. The van der Waals surface area contributed by atoms with E-state index in [9.17, 15) is 9.59 Å². The summed E-state index contributed by atoms with van der Waals surface area (Å²) in [6.45, 7) is 2.93. The molecule has 14 heavy (non-hydrogen) atoms. The normalized spacial score (nSPS) is 11.8. The minimum atomic E-state index is -1.03. The van der Waals surface area contributed by atoms with Gasteiger partial charge in [-0.25, -0.2) is 4.79 Å². The van der Waals surface area contributed by atoms with E-state index in [2.05, 4.69) is 11.3 Å². The van der Waals surface area contributed by atoms with Crippen molar-refractivity contribution in [2.24, 2.45) is 5.92 Å². The molecule has 0 aromatic carbocycles. The lowest BCUT2D eigenvalue weighted by Gasteiger charge is -2.10. The zero-order valence-electron chi connectivity index (χ0n) is 7.81.